The van der Waals surface area contributed by atoms with Gasteiger partial charge in [-0.25, -0.2) is 4.79 Å². The molecule has 2 rings (SSSR count). The summed E-state index contributed by atoms with van der Waals surface area (Å²) in [6, 6.07) is 5.20. The van der Waals surface area contributed by atoms with E-state index in [1.807, 2.05) is 19.0 Å². The number of carboxylic acid groups (broad SMARTS) is 1. The lowest BCUT2D eigenvalue weighted by Gasteiger charge is -2.08. The van der Waals surface area contributed by atoms with Crippen LogP contribution in [0.1, 0.15) is 10.4 Å². The van der Waals surface area contributed by atoms with E-state index in [0.29, 0.717) is 23.7 Å². The highest BCUT2D eigenvalue weighted by molar-refractivity contribution is 6.00. The van der Waals surface area contributed by atoms with Crippen LogP contribution in [0.5, 0.6) is 0 Å². The molecule has 6 heteroatoms. The van der Waals surface area contributed by atoms with E-state index in [1.165, 1.54) is 6.07 Å². The van der Waals surface area contributed by atoms with Crippen LogP contribution in [-0.4, -0.2) is 48.1 Å². The summed E-state index contributed by atoms with van der Waals surface area (Å²) in [7, 11) is 3.94. The first-order valence-corrected chi connectivity index (χ1v) is 5.59. The van der Waals surface area contributed by atoms with E-state index in [0.717, 1.165) is 6.54 Å². The van der Waals surface area contributed by atoms with Gasteiger partial charge in [-0.1, -0.05) is 6.07 Å². The van der Waals surface area contributed by atoms with E-state index in [4.69, 9.17) is 9.52 Å². The molecule has 0 bridgehead atoms. The number of nitrogens with one attached hydrogen (secondary N) is 1. The fourth-order valence-corrected chi connectivity index (χ4v) is 1.58. The Morgan fingerprint density at radius 2 is 2.28 bits per heavy atom. The first kappa shape index (κ1) is 12.4. The SMILES string of the molecule is CN(C)CCNc1nc2c(C(=O)O)cccc2o1. The monoisotopic (exact) mass is 249 g/mol. The third kappa shape index (κ3) is 2.60. The molecule has 1 heterocycles. The van der Waals surface area contributed by atoms with E-state index in [9.17, 15) is 4.79 Å². The second kappa shape index (κ2) is 5.05. The molecule has 0 radical (unpaired) electrons. The van der Waals surface area contributed by atoms with Crippen molar-refractivity contribution in [1.29, 1.82) is 0 Å². The lowest BCUT2D eigenvalue weighted by Crippen LogP contribution is -2.20. The minimum atomic E-state index is -1.01. The first-order chi connectivity index (χ1) is 8.58. The lowest BCUT2D eigenvalue weighted by atomic mass is 10.2. The van der Waals surface area contributed by atoms with Crippen LogP contribution in [0.4, 0.5) is 6.01 Å². The van der Waals surface area contributed by atoms with Crippen LogP contribution >= 0.6 is 0 Å². The maximum absolute atomic E-state index is 11.0. The van der Waals surface area contributed by atoms with Crippen molar-refractivity contribution < 1.29 is 14.3 Å². The zero-order valence-corrected chi connectivity index (χ0v) is 10.3. The molecule has 0 aliphatic rings. The van der Waals surface area contributed by atoms with Crippen LogP contribution in [0, 0.1) is 0 Å². The van der Waals surface area contributed by atoms with Crippen LogP contribution in [0.3, 0.4) is 0 Å². The highest BCUT2D eigenvalue weighted by atomic mass is 16.4. The van der Waals surface area contributed by atoms with Crippen LogP contribution in [0.15, 0.2) is 22.6 Å². The summed E-state index contributed by atoms with van der Waals surface area (Å²) in [5.74, 6) is -1.01. The Labute approximate surface area is 104 Å². The molecular weight excluding hydrogens is 234 g/mol. The molecule has 0 spiro atoms. The minimum absolute atomic E-state index is 0.150. The number of anilines is 1. The second-order valence-corrected chi connectivity index (χ2v) is 4.21. The number of aromatic carboxylic acids is 1. The van der Waals surface area contributed by atoms with Crippen molar-refractivity contribution in [3.8, 4) is 0 Å². The summed E-state index contributed by atoms with van der Waals surface area (Å²) >= 11 is 0. The van der Waals surface area contributed by atoms with Crippen LogP contribution < -0.4 is 5.32 Å². The number of hydrogen-bond acceptors (Lipinski definition) is 5. The largest absolute Gasteiger partial charge is 0.478 e. The van der Waals surface area contributed by atoms with Crippen molar-refractivity contribution in [3.63, 3.8) is 0 Å². The number of oxazole rings is 1. The lowest BCUT2D eigenvalue weighted by molar-refractivity contribution is 0.0699. The summed E-state index contributed by atoms with van der Waals surface area (Å²) in [6.07, 6.45) is 0. The van der Waals surface area contributed by atoms with E-state index < -0.39 is 5.97 Å². The van der Waals surface area contributed by atoms with Crippen molar-refractivity contribution in [1.82, 2.24) is 9.88 Å². The molecule has 0 saturated carbocycles. The molecule has 0 fully saturated rings. The Balaban J connectivity index is 2.22. The summed E-state index contributed by atoms with van der Waals surface area (Å²) in [4.78, 5) is 17.2. The molecule has 1 aromatic carbocycles. The molecule has 0 aliphatic heterocycles. The van der Waals surface area contributed by atoms with Crippen LogP contribution in [0.2, 0.25) is 0 Å². The van der Waals surface area contributed by atoms with E-state index in [1.54, 1.807) is 12.1 Å². The van der Waals surface area contributed by atoms with Crippen LogP contribution in [0.25, 0.3) is 11.1 Å². The fraction of sp³-hybridized carbons (Fsp3) is 0.333. The number of likely N-dealkylation sites (N-methyl/N-ethyl adjacent to an activating group) is 1. The molecule has 18 heavy (non-hydrogen) atoms. The van der Waals surface area contributed by atoms with Gasteiger partial charge in [0.05, 0.1) is 5.56 Å². The average molecular weight is 249 g/mol. The normalized spacial score (nSPS) is 11.1. The molecule has 0 saturated heterocycles. The number of hydrogen-bond donors (Lipinski definition) is 2. The Hall–Kier alpha value is -2.08. The van der Waals surface area contributed by atoms with Gasteiger partial charge in [0.1, 0.15) is 5.52 Å². The molecule has 2 N–H and O–H groups in total. The predicted molar refractivity (Wildman–Crippen MR) is 68.0 cm³/mol. The number of rotatable bonds is 5. The maximum atomic E-state index is 11.0. The number of carboxylic acids is 1. The first-order valence-electron chi connectivity index (χ1n) is 5.59. The Morgan fingerprint density at radius 1 is 1.50 bits per heavy atom. The molecular formula is C12H15N3O3. The van der Waals surface area contributed by atoms with Gasteiger partial charge >= 0.3 is 5.97 Å². The molecule has 0 amide bonds. The Bertz CT molecular complexity index is 563. The smallest absolute Gasteiger partial charge is 0.338 e. The summed E-state index contributed by atoms with van der Waals surface area (Å²) in [6.45, 7) is 1.52. The summed E-state index contributed by atoms with van der Waals surface area (Å²) in [5, 5.41) is 12.1. The fourth-order valence-electron chi connectivity index (χ4n) is 1.58. The van der Waals surface area contributed by atoms with Crippen molar-refractivity contribution >= 4 is 23.1 Å². The van der Waals surface area contributed by atoms with Crippen molar-refractivity contribution in [2.45, 2.75) is 0 Å². The zero-order chi connectivity index (χ0) is 13.1. The number of nitrogens with zero attached hydrogens (tertiary/aromatic N) is 2. The van der Waals surface area contributed by atoms with Crippen molar-refractivity contribution in [2.24, 2.45) is 0 Å². The maximum Gasteiger partial charge on any atom is 0.338 e. The van der Waals surface area contributed by atoms with Gasteiger partial charge < -0.3 is 19.7 Å². The van der Waals surface area contributed by atoms with E-state index >= 15 is 0 Å². The van der Waals surface area contributed by atoms with Crippen molar-refractivity contribution in [3.05, 3.63) is 23.8 Å². The summed E-state index contributed by atoms with van der Waals surface area (Å²) < 4.78 is 5.44. The average Bonchev–Trinajstić information content (AvgIpc) is 2.70. The van der Waals surface area contributed by atoms with Crippen molar-refractivity contribution in [2.75, 3.05) is 32.5 Å². The van der Waals surface area contributed by atoms with Gasteiger partial charge in [0.25, 0.3) is 6.01 Å². The number of carbonyl (C=O) groups is 1. The second-order valence-electron chi connectivity index (χ2n) is 4.21. The third-order valence-corrected chi connectivity index (χ3v) is 2.48. The number of para-hydroxylation sites is 1. The predicted octanol–water partition coefficient (Wildman–Crippen LogP) is 1.50. The van der Waals surface area contributed by atoms with E-state index in [-0.39, 0.29) is 5.56 Å². The van der Waals surface area contributed by atoms with E-state index in [2.05, 4.69) is 10.3 Å². The quantitative estimate of drug-likeness (QED) is 0.836. The van der Waals surface area contributed by atoms with Gasteiger partial charge in [0.2, 0.25) is 0 Å². The van der Waals surface area contributed by atoms with Gasteiger partial charge in [-0.15, -0.1) is 0 Å². The summed E-state index contributed by atoms with van der Waals surface area (Å²) in [5.41, 5.74) is 0.997. The van der Waals surface area contributed by atoms with Gasteiger partial charge in [0, 0.05) is 13.1 Å². The molecule has 0 aliphatic carbocycles. The third-order valence-electron chi connectivity index (χ3n) is 2.48. The number of benzene rings is 1. The number of fused-ring (bicyclic) bond motifs is 1. The highest BCUT2D eigenvalue weighted by Crippen LogP contribution is 2.22. The molecule has 6 nitrogen and oxygen atoms in total. The van der Waals surface area contributed by atoms with Gasteiger partial charge in [-0.3, -0.25) is 0 Å². The molecule has 1 aromatic heterocycles. The highest BCUT2D eigenvalue weighted by Gasteiger charge is 2.13. The topological polar surface area (TPSA) is 78.6 Å². The van der Waals surface area contributed by atoms with Gasteiger partial charge in [0.15, 0.2) is 5.58 Å². The molecule has 2 aromatic rings. The Kier molecular flexibility index (Phi) is 3.47. The Morgan fingerprint density at radius 3 is 2.94 bits per heavy atom. The minimum Gasteiger partial charge on any atom is -0.478 e. The number of aromatic nitrogens is 1. The zero-order valence-electron chi connectivity index (χ0n) is 10.3. The standard InChI is InChI=1S/C12H15N3O3/c1-15(2)7-6-13-12-14-10-8(11(16)17)4-3-5-9(10)18-12/h3-5H,6-7H2,1-2H3,(H,13,14)(H,16,17). The molecule has 0 unspecified atom stereocenters. The van der Waals surface area contributed by atoms with Gasteiger partial charge in [-0.2, -0.15) is 4.98 Å². The molecule has 0 atom stereocenters. The van der Waals surface area contributed by atoms with Gasteiger partial charge in [-0.05, 0) is 26.2 Å². The molecule has 96 valence electrons. The van der Waals surface area contributed by atoms with Crippen LogP contribution in [-0.2, 0) is 0 Å².